The largest absolute Gasteiger partial charge is 0.448 e. The second-order valence-electron chi connectivity index (χ2n) is 8.47. The Kier molecular flexibility index (Phi) is 8.11. The maximum absolute atomic E-state index is 12.0. The molecule has 1 saturated carbocycles. The minimum Gasteiger partial charge on any atom is -0.448 e. The molecule has 1 aromatic rings. The molecule has 1 fully saturated rings. The Morgan fingerprint density at radius 1 is 1.07 bits per heavy atom. The highest BCUT2D eigenvalue weighted by molar-refractivity contribution is 5.67. The van der Waals surface area contributed by atoms with Crippen molar-refractivity contribution in [3.05, 3.63) is 35.9 Å². The van der Waals surface area contributed by atoms with Gasteiger partial charge in [-0.25, -0.2) is 9.59 Å². The SMILES string of the molecule is CC(C)(C)C(COC(N)=O)NC1CCC(NC(=O)OCc2ccccc2)CC1. The number of hydrogen-bond donors (Lipinski definition) is 3. The quantitative estimate of drug-likeness (QED) is 0.662. The van der Waals surface area contributed by atoms with E-state index in [9.17, 15) is 9.59 Å². The van der Waals surface area contributed by atoms with Gasteiger partial charge < -0.3 is 25.8 Å². The van der Waals surface area contributed by atoms with Crippen LogP contribution < -0.4 is 16.4 Å². The van der Waals surface area contributed by atoms with Gasteiger partial charge in [0.25, 0.3) is 0 Å². The standard InChI is InChI=1S/C21H33N3O4/c1-21(2,3)18(14-27-19(22)25)23-16-9-11-17(12-10-16)24-20(26)28-13-15-7-5-4-6-8-15/h4-8,16-18,23H,9-14H2,1-3H3,(H2,22,25)(H,24,26). The van der Waals surface area contributed by atoms with E-state index < -0.39 is 6.09 Å². The van der Waals surface area contributed by atoms with Crippen LogP contribution in [0.2, 0.25) is 0 Å². The van der Waals surface area contributed by atoms with Crippen molar-refractivity contribution in [2.45, 2.75) is 71.2 Å². The first-order chi connectivity index (χ1) is 13.2. The molecule has 7 heteroatoms. The minimum absolute atomic E-state index is 0.0188. The summed E-state index contributed by atoms with van der Waals surface area (Å²) in [5.74, 6) is 0. The molecule has 0 spiro atoms. The third kappa shape index (κ3) is 7.76. The highest BCUT2D eigenvalue weighted by Crippen LogP contribution is 2.24. The van der Waals surface area contributed by atoms with Gasteiger partial charge in [0.1, 0.15) is 13.2 Å². The summed E-state index contributed by atoms with van der Waals surface area (Å²) in [6, 6.07) is 10.1. The van der Waals surface area contributed by atoms with Gasteiger partial charge >= 0.3 is 12.2 Å². The Labute approximate surface area is 167 Å². The van der Waals surface area contributed by atoms with Crippen LogP contribution in [-0.2, 0) is 16.1 Å². The molecule has 0 saturated heterocycles. The highest BCUT2D eigenvalue weighted by atomic mass is 16.6. The van der Waals surface area contributed by atoms with Gasteiger partial charge in [-0.3, -0.25) is 0 Å². The number of benzene rings is 1. The van der Waals surface area contributed by atoms with Crippen LogP contribution in [0.1, 0.15) is 52.0 Å². The molecular weight excluding hydrogens is 358 g/mol. The van der Waals surface area contributed by atoms with Gasteiger partial charge in [0, 0.05) is 18.1 Å². The zero-order valence-electron chi connectivity index (χ0n) is 17.1. The van der Waals surface area contributed by atoms with Crippen molar-refractivity contribution in [2.75, 3.05) is 6.61 Å². The summed E-state index contributed by atoms with van der Waals surface area (Å²) in [5.41, 5.74) is 6.01. The first kappa shape index (κ1) is 22.0. The molecule has 1 aliphatic carbocycles. The monoisotopic (exact) mass is 391 g/mol. The summed E-state index contributed by atoms with van der Waals surface area (Å²) in [7, 11) is 0. The fourth-order valence-corrected chi connectivity index (χ4v) is 3.33. The van der Waals surface area contributed by atoms with Gasteiger partial charge in [-0.2, -0.15) is 0 Å². The third-order valence-corrected chi connectivity index (χ3v) is 5.14. The van der Waals surface area contributed by atoms with E-state index in [1.54, 1.807) is 0 Å². The Morgan fingerprint density at radius 2 is 1.68 bits per heavy atom. The highest BCUT2D eigenvalue weighted by Gasteiger charge is 2.30. The van der Waals surface area contributed by atoms with Crippen molar-refractivity contribution in [3.8, 4) is 0 Å². The molecule has 28 heavy (non-hydrogen) atoms. The van der Waals surface area contributed by atoms with Crippen LogP contribution in [0, 0.1) is 5.41 Å². The maximum Gasteiger partial charge on any atom is 0.407 e. The molecule has 7 nitrogen and oxygen atoms in total. The van der Waals surface area contributed by atoms with Gasteiger partial charge in [0.05, 0.1) is 0 Å². The average molecular weight is 392 g/mol. The number of primary amides is 1. The van der Waals surface area contributed by atoms with E-state index in [4.69, 9.17) is 15.2 Å². The number of carbonyl (C=O) groups excluding carboxylic acids is 2. The predicted molar refractivity (Wildman–Crippen MR) is 108 cm³/mol. The number of hydrogen-bond acceptors (Lipinski definition) is 5. The number of ether oxygens (including phenoxy) is 2. The lowest BCUT2D eigenvalue weighted by molar-refractivity contribution is 0.102. The molecule has 0 bridgehead atoms. The summed E-state index contributed by atoms with van der Waals surface area (Å²) in [5, 5.41) is 6.55. The smallest absolute Gasteiger partial charge is 0.407 e. The molecule has 1 atom stereocenters. The molecule has 1 unspecified atom stereocenters. The Hall–Kier alpha value is -2.28. The minimum atomic E-state index is -0.752. The summed E-state index contributed by atoms with van der Waals surface area (Å²) in [6.45, 7) is 6.83. The van der Waals surface area contributed by atoms with Crippen molar-refractivity contribution < 1.29 is 19.1 Å². The molecule has 1 aromatic carbocycles. The molecule has 0 radical (unpaired) electrons. The van der Waals surface area contributed by atoms with E-state index in [1.165, 1.54) is 0 Å². The van der Waals surface area contributed by atoms with Crippen LogP contribution in [0.25, 0.3) is 0 Å². The Bertz CT molecular complexity index is 622. The van der Waals surface area contributed by atoms with Gasteiger partial charge in [0.2, 0.25) is 0 Å². The van der Waals surface area contributed by atoms with Crippen LogP contribution in [0.15, 0.2) is 30.3 Å². The number of rotatable bonds is 7. The maximum atomic E-state index is 12.0. The van der Waals surface area contributed by atoms with Gasteiger partial charge in [-0.15, -0.1) is 0 Å². The van der Waals surface area contributed by atoms with Crippen molar-refractivity contribution in [2.24, 2.45) is 11.1 Å². The van der Waals surface area contributed by atoms with Crippen molar-refractivity contribution in [1.82, 2.24) is 10.6 Å². The lowest BCUT2D eigenvalue weighted by atomic mass is 9.84. The first-order valence-corrected chi connectivity index (χ1v) is 9.89. The van der Waals surface area contributed by atoms with E-state index in [0.717, 1.165) is 31.2 Å². The van der Waals surface area contributed by atoms with Gasteiger partial charge in [0.15, 0.2) is 0 Å². The molecule has 0 aromatic heterocycles. The summed E-state index contributed by atoms with van der Waals surface area (Å²) in [6.07, 6.45) is 2.51. The fourth-order valence-electron chi connectivity index (χ4n) is 3.33. The van der Waals surface area contributed by atoms with Crippen molar-refractivity contribution in [3.63, 3.8) is 0 Å². The average Bonchev–Trinajstić information content (AvgIpc) is 2.64. The number of alkyl carbamates (subject to hydrolysis) is 1. The van der Waals surface area contributed by atoms with E-state index >= 15 is 0 Å². The van der Waals surface area contributed by atoms with Crippen LogP contribution in [0.3, 0.4) is 0 Å². The second kappa shape index (κ2) is 10.3. The number of amides is 2. The lowest BCUT2D eigenvalue weighted by Crippen LogP contribution is -2.51. The van der Waals surface area contributed by atoms with Crippen molar-refractivity contribution in [1.29, 1.82) is 0 Å². The fraction of sp³-hybridized carbons (Fsp3) is 0.619. The Morgan fingerprint density at radius 3 is 2.25 bits per heavy atom. The molecular formula is C21H33N3O4. The Balaban J connectivity index is 1.72. The first-order valence-electron chi connectivity index (χ1n) is 9.89. The zero-order chi connectivity index (χ0) is 20.6. The number of nitrogens with one attached hydrogen (secondary N) is 2. The summed E-state index contributed by atoms with van der Waals surface area (Å²) < 4.78 is 10.3. The van der Waals surface area contributed by atoms with Crippen LogP contribution in [0.4, 0.5) is 9.59 Å². The van der Waals surface area contributed by atoms with E-state index in [1.807, 2.05) is 30.3 Å². The third-order valence-electron chi connectivity index (χ3n) is 5.14. The molecule has 156 valence electrons. The van der Waals surface area contributed by atoms with Gasteiger partial charge in [-0.1, -0.05) is 51.1 Å². The van der Waals surface area contributed by atoms with Gasteiger partial charge in [-0.05, 0) is 36.7 Å². The molecule has 2 amide bonds. The van der Waals surface area contributed by atoms with Crippen LogP contribution in [-0.4, -0.2) is 36.9 Å². The van der Waals surface area contributed by atoms with E-state index in [2.05, 4.69) is 31.4 Å². The summed E-state index contributed by atoms with van der Waals surface area (Å²) >= 11 is 0. The zero-order valence-corrected chi connectivity index (χ0v) is 17.1. The van der Waals surface area contributed by atoms with Crippen molar-refractivity contribution >= 4 is 12.2 Å². The topological polar surface area (TPSA) is 103 Å². The van der Waals surface area contributed by atoms with E-state index in [0.29, 0.717) is 6.04 Å². The molecule has 2 rings (SSSR count). The van der Waals surface area contributed by atoms with Crippen LogP contribution in [0.5, 0.6) is 0 Å². The molecule has 0 aliphatic heterocycles. The summed E-state index contributed by atoms with van der Waals surface area (Å²) in [4.78, 5) is 22.9. The van der Waals surface area contributed by atoms with Crippen LogP contribution >= 0.6 is 0 Å². The lowest BCUT2D eigenvalue weighted by Gasteiger charge is -2.37. The number of nitrogens with two attached hydrogens (primary N) is 1. The second-order valence-corrected chi connectivity index (χ2v) is 8.47. The van der Waals surface area contributed by atoms with E-state index in [-0.39, 0.29) is 36.8 Å². The molecule has 4 N–H and O–H groups in total. The molecule has 0 heterocycles. The number of carbonyl (C=O) groups is 2. The molecule has 1 aliphatic rings. The predicted octanol–water partition coefficient (Wildman–Crippen LogP) is 3.32. The normalized spacial score (nSPS) is 20.8.